The first-order valence-electron chi connectivity index (χ1n) is 6.42. The zero-order chi connectivity index (χ0) is 12.3. The Bertz CT molecular complexity index is 240. The van der Waals surface area contributed by atoms with Crippen LogP contribution in [0, 0.1) is 11.8 Å². The van der Waals surface area contributed by atoms with E-state index in [1.165, 1.54) is 12.8 Å². The first-order chi connectivity index (χ1) is 7.43. The second-order valence-electron chi connectivity index (χ2n) is 5.53. The van der Waals surface area contributed by atoms with Crippen molar-refractivity contribution in [3.8, 4) is 0 Å². The highest BCUT2D eigenvalue weighted by atomic mass is 16.4. The summed E-state index contributed by atoms with van der Waals surface area (Å²) >= 11 is 0. The molecule has 3 unspecified atom stereocenters. The van der Waals surface area contributed by atoms with Gasteiger partial charge in [-0.15, -0.1) is 0 Å². The molecule has 0 aromatic heterocycles. The van der Waals surface area contributed by atoms with Crippen molar-refractivity contribution in [2.24, 2.45) is 11.8 Å². The number of hydrogen-bond donors (Lipinski definition) is 1. The second kappa shape index (κ2) is 5.67. The lowest BCUT2D eigenvalue weighted by atomic mass is 10.0. The molecule has 1 aliphatic rings. The van der Waals surface area contributed by atoms with Crippen molar-refractivity contribution in [1.29, 1.82) is 0 Å². The Morgan fingerprint density at radius 1 is 1.38 bits per heavy atom. The first kappa shape index (κ1) is 13.5. The number of rotatable bonds is 5. The fourth-order valence-corrected chi connectivity index (χ4v) is 2.66. The van der Waals surface area contributed by atoms with Crippen molar-refractivity contribution in [3.05, 3.63) is 0 Å². The zero-order valence-corrected chi connectivity index (χ0v) is 10.9. The summed E-state index contributed by atoms with van der Waals surface area (Å²) in [5.74, 6) is -0.0665. The van der Waals surface area contributed by atoms with Crippen molar-refractivity contribution < 1.29 is 9.90 Å². The molecule has 0 radical (unpaired) electrons. The van der Waals surface area contributed by atoms with Crippen molar-refractivity contribution in [2.45, 2.75) is 59.0 Å². The minimum atomic E-state index is -0.633. The van der Waals surface area contributed by atoms with Gasteiger partial charge in [0, 0.05) is 12.1 Å². The fraction of sp³-hybridized carbons (Fsp3) is 0.923. The fourth-order valence-electron chi connectivity index (χ4n) is 2.66. The third kappa shape index (κ3) is 3.21. The predicted molar refractivity (Wildman–Crippen MR) is 65.4 cm³/mol. The molecule has 0 aromatic carbocycles. The molecule has 94 valence electrons. The highest BCUT2D eigenvalue weighted by Crippen LogP contribution is 2.28. The molecule has 16 heavy (non-hydrogen) atoms. The van der Waals surface area contributed by atoms with Crippen molar-refractivity contribution in [3.63, 3.8) is 0 Å². The Kier molecular flexibility index (Phi) is 4.78. The Labute approximate surface area is 98.8 Å². The van der Waals surface area contributed by atoms with Crippen LogP contribution in [0.3, 0.4) is 0 Å². The minimum absolute atomic E-state index is 0.165. The predicted octanol–water partition coefficient (Wildman–Crippen LogP) is 2.61. The van der Waals surface area contributed by atoms with E-state index < -0.39 is 5.97 Å². The van der Waals surface area contributed by atoms with Crippen LogP contribution in [0.5, 0.6) is 0 Å². The molecule has 3 nitrogen and oxygen atoms in total. The maximum atomic E-state index is 11.0. The molecule has 0 bridgehead atoms. The van der Waals surface area contributed by atoms with Gasteiger partial charge in [0.15, 0.2) is 0 Å². The summed E-state index contributed by atoms with van der Waals surface area (Å²) in [6.45, 7) is 9.69. The lowest BCUT2D eigenvalue weighted by molar-refractivity contribution is -0.142. The van der Waals surface area contributed by atoms with Gasteiger partial charge in [0.05, 0.1) is 5.92 Å². The molecule has 0 spiro atoms. The smallest absolute Gasteiger partial charge is 0.308 e. The summed E-state index contributed by atoms with van der Waals surface area (Å²) in [7, 11) is 0. The Balaban J connectivity index is 2.46. The molecule has 0 aliphatic carbocycles. The summed E-state index contributed by atoms with van der Waals surface area (Å²) in [6.07, 6.45) is 3.21. The van der Waals surface area contributed by atoms with Crippen LogP contribution in [0.25, 0.3) is 0 Å². The summed E-state index contributed by atoms with van der Waals surface area (Å²) < 4.78 is 0. The number of carbonyl (C=O) groups is 1. The molecule has 1 aliphatic heterocycles. The van der Waals surface area contributed by atoms with E-state index in [0.717, 1.165) is 18.9 Å². The molecular weight excluding hydrogens is 202 g/mol. The van der Waals surface area contributed by atoms with Gasteiger partial charge >= 0.3 is 5.97 Å². The molecule has 0 amide bonds. The van der Waals surface area contributed by atoms with Crippen molar-refractivity contribution in [1.82, 2.24) is 4.90 Å². The van der Waals surface area contributed by atoms with E-state index in [1.807, 2.05) is 0 Å². The normalized spacial score (nSPS) is 28.6. The topological polar surface area (TPSA) is 40.5 Å². The number of aliphatic carboxylic acids is 1. The van der Waals surface area contributed by atoms with Gasteiger partial charge in [-0.05, 0) is 45.6 Å². The first-order valence-corrected chi connectivity index (χ1v) is 6.42. The Morgan fingerprint density at radius 3 is 2.44 bits per heavy atom. The molecule has 1 heterocycles. The molecular formula is C13H25NO2. The highest BCUT2D eigenvalue weighted by Gasteiger charge is 2.37. The van der Waals surface area contributed by atoms with E-state index >= 15 is 0 Å². The van der Waals surface area contributed by atoms with Crippen molar-refractivity contribution in [2.75, 3.05) is 6.54 Å². The van der Waals surface area contributed by atoms with Crippen molar-refractivity contribution >= 4 is 5.97 Å². The highest BCUT2D eigenvalue weighted by molar-refractivity contribution is 5.71. The van der Waals surface area contributed by atoms with Gasteiger partial charge in [0.1, 0.15) is 0 Å². The van der Waals surface area contributed by atoms with Crippen LogP contribution in [0.2, 0.25) is 0 Å². The molecule has 0 aromatic rings. The van der Waals surface area contributed by atoms with Gasteiger partial charge in [0.25, 0.3) is 0 Å². The Hall–Kier alpha value is -0.570. The minimum Gasteiger partial charge on any atom is -0.481 e. The van der Waals surface area contributed by atoms with Gasteiger partial charge in [-0.2, -0.15) is 0 Å². The second-order valence-corrected chi connectivity index (χ2v) is 5.53. The van der Waals surface area contributed by atoms with E-state index in [-0.39, 0.29) is 12.0 Å². The van der Waals surface area contributed by atoms with E-state index in [4.69, 9.17) is 5.11 Å². The standard InChI is InChI=1S/C13H25NO2/c1-9(2)5-6-10(3)14-8-7-12(11(14)4)13(15)16/h9-12H,5-8H2,1-4H3,(H,15,16). The van der Waals surface area contributed by atoms with Crippen LogP contribution in [0.15, 0.2) is 0 Å². The number of likely N-dealkylation sites (tertiary alicyclic amines) is 1. The van der Waals surface area contributed by atoms with E-state index in [2.05, 4.69) is 32.6 Å². The van der Waals surface area contributed by atoms with Crippen LogP contribution in [0.4, 0.5) is 0 Å². The molecule has 1 fully saturated rings. The van der Waals surface area contributed by atoms with Gasteiger partial charge in [-0.3, -0.25) is 9.69 Å². The van der Waals surface area contributed by atoms with Gasteiger partial charge in [-0.25, -0.2) is 0 Å². The summed E-state index contributed by atoms with van der Waals surface area (Å²) in [5, 5.41) is 9.07. The monoisotopic (exact) mass is 227 g/mol. The quantitative estimate of drug-likeness (QED) is 0.785. The third-order valence-corrected chi connectivity index (χ3v) is 3.85. The number of nitrogens with zero attached hydrogens (tertiary/aromatic N) is 1. The molecule has 3 heteroatoms. The van der Waals surface area contributed by atoms with Crippen LogP contribution in [0.1, 0.15) is 47.0 Å². The molecule has 3 atom stereocenters. The van der Waals surface area contributed by atoms with Gasteiger partial charge in [-0.1, -0.05) is 13.8 Å². The third-order valence-electron chi connectivity index (χ3n) is 3.85. The maximum Gasteiger partial charge on any atom is 0.308 e. The van der Waals surface area contributed by atoms with Crippen LogP contribution in [-0.2, 0) is 4.79 Å². The summed E-state index contributed by atoms with van der Waals surface area (Å²) in [6, 6.07) is 0.710. The number of carboxylic acids is 1. The Morgan fingerprint density at radius 2 is 2.00 bits per heavy atom. The van der Waals surface area contributed by atoms with Crippen LogP contribution in [-0.4, -0.2) is 34.6 Å². The number of hydrogen-bond acceptors (Lipinski definition) is 2. The molecule has 0 saturated carbocycles. The molecule has 1 rings (SSSR count). The van der Waals surface area contributed by atoms with Crippen LogP contribution < -0.4 is 0 Å². The largest absolute Gasteiger partial charge is 0.481 e. The lowest BCUT2D eigenvalue weighted by Crippen LogP contribution is -2.39. The molecule has 1 saturated heterocycles. The van der Waals surface area contributed by atoms with E-state index in [0.29, 0.717) is 6.04 Å². The zero-order valence-electron chi connectivity index (χ0n) is 10.9. The average Bonchev–Trinajstić information content (AvgIpc) is 2.56. The molecule has 1 N–H and O–H groups in total. The SMILES string of the molecule is CC(C)CCC(C)N1CCC(C(=O)O)C1C. The van der Waals surface area contributed by atoms with Gasteiger partial charge < -0.3 is 5.11 Å². The van der Waals surface area contributed by atoms with E-state index in [1.54, 1.807) is 0 Å². The summed E-state index contributed by atoms with van der Waals surface area (Å²) in [4.78, 5) is 13.4. The van der Waals surface area contributed by atoms with Crippen LogP contribution >= 0.6 is 0 Å². The van der Waals surface area contributed by atoms with Gasteiger partial charge in [0.2, 0.25) is 0 Å². The number of carboxylic acid groups (broad SMARTS) is 1. The lowest BCUT2D eigenvalue weighted by Gasteiger charge is -2.30. The summed E-state index contributed by atoms with van der Waals surface area (Å²) in [5.41, 5.74) is 0. The van der Waals surface area contributed by atoms with E-state index in [9.17, 15) is 4.79 Å². The average molecular weight is 227 g/mol. The maximum absolute atomic E-state index is 11.0.